The fraction of sp³-hybridized carbons (Fsp3) is 0.500. The maximum Gasteiger partial charge on any atom is 0.0712 e. The summed E-state index contributed by atoms with van der Waals surface area (Å²) < 4.78 is 0. The second-order valence-electron chi connectivity index (χ2n) is 3.96. The molecule has 0 bridgehead atoms. The van der Waals surface area contributed by atoms with Crippen LogP contribution in [-0.4, -0.2) is 0 Å². The predicted octanol–water partition coefficient (Wildman–Crippen LogP) is 4.05. The maximum absolute atomic E-state index is 9.03. The first-order valence-electron chi connectivity index (χ1n) is 5.80. The van der Waals surface area contributed by atoms with Crippen molar-refractivity contribution in [1.29, 1.82) is 5.26 Å². The molecular formula is C14H19N. The highest BCUT2D eigenvalue weighted by Crippen LogP contribution is 2.20. The molecule has 1 heteroatoms. The van der Waals surface area contributed by atoms with Crippen LogP contribution in [0, 0.1) is 11.3 Å². The Balaban J connectivity index is 2.74. The van der Waals surface area contributed by atoms with Crippen molar-refractivity contribution in [3.05, 3.63) is 35.4 Å². The van der Waals surface area contributed by atoms with E-state index in [1.807, 2.05) is 0 Å². The van der Waals surface area contributed by atoms with E-state index in [-0.39, 0.29) is 5.92 Å². The molecule has 0 aromatic heterocycles. The molecule has 1 aromatic rings. The van der Waals surface area contributed by atoms with Crippen molar-refractivity contribution in [2.45, 2.75) is 45.4 Å². The molecule has 0 aliphatic carbocycles. The van der Waals surface area contributed by atoms with Crippen LogP contribution in [0.25, 0.3) is 0 Å². The minimum absolute atomic E-state index is 0.0747. The molecule has 1 aromatic carbocycles. The molecule has 0 heterocycles. The summed E-state index contributed by atoms with van der Waals surface area (Å²) in [5.74, 6) is 0.0747. The summed E-state index contributed by atoms with van der Waals surface area (Å²) in [5, 5.41) is 9.03. The van der Waals surface area contributed by atoms with Crippen LogP contribution in [0.15, 0.2) is 24.3 Å². The molecule has 0 N–H and O–H groups in total. The first-order chi connectivity index (χ1) is 7.31. The topological polar surface area (TPSA) is 23.8 Å². The molecule has 0 saturated carbocycles. The molecule has 1 unspecified atom stereocenters. The van der Waals surface area contributed by atoms with E-state index >= 15 is 0 Å². The number of nitriles is 1. The van der Waals surface area contributed by atoms with Gasteiger partial charge in [-0.25, -0.2) is 0 Å². The van der Waals surface area contributed by atoms with Crippen LogP contribution in [-0.2, 0) is 6.42 Å². The summed E-state index contributed by atoms with van der Waals surface area (Å²) in [4.78, 5) is 0. The summed E-state index contributed by atoms with van der Waals surface area (Å²) in [6.45, 7) is 4.30. The van der Waals surface area contributed by atoms with Crippen molar-refractivity contribution in [3.8, 4) is 6.07 Å². The Kier molecular flexibility index (Phi) is 4.90. The Labute approximate surface area is 92.7 Å². The van der Waals surface area contributed by atoms with Gasteiger partial charge in [0.15, 0.2) is 0 Å². The molecule has 0 fully saturated rings. The SMILES string of the molecule is CCCc1ccc(C(C#N)CCC)cc1. The van der Waals surface area contributed by atoms with Gasteiger partial charge in [-0.1, -0.05) is 51.0 Å². The van der Waals surface area contributed by atoms with Gasteiger partial charge in [0.25, 0.3) is 0 Å². The third-order valence-corrected chi connectivity index (χ3v) is 2.65. The molecule has 0 amide bonds. The molecule has 0 aliphatic rings. The Morgan fingerprint density at radius 3 is 2.27 bits per heavy atom. The van der Waals surface area contributed by atoms with Crippen LogP contribution < -0.4 is 0 Å². The largest absolute Gasteiger partial charge is 0.198 e. The first-order valence-corrected chi connectivity index (χ1v) is 5.80. The summed E-state index contributed by atoms with van der Waals surface area (Å²) >= 11 is 0. The number of hydrogen-bond donors (Lipinski definition) is 0. The second-order valence-corrected chi connectivity index (χ2v) is 3.96. The molecule has 0 aliphatic heterocycles. The third-order valence-electron chi connectivity index (χ3n) is 2.65. The van der Waals surface area contributed by atoms with Gasteiger partial charge in [0.05, 0.1) is 12.0 Å². The van der Waals surface area contributed by atoms with Crippen molar-refractivity contribution in [1.82, 2.24) is 0 Å². The van der Waals surface area contributed by atoms with Gasteiger partial charge in [-0.2, -0.15) is 5.26 Å². The Morgan fingerprint density at radius 2 is 1.80 bits per heavy atom. The number of benzene rings is 1. The zero-order valence-corrected chi connectivity index (χ0v) is 9.66. The smallest absolute Gasteiger partial charge is 0.0712 e. The number of rotatable bonds is 5. The molecule has 1 atom stereocenters. The van der Waals surface area contributed by atoms with Gasteiger partial charge >= 0.3 is 0 Å². The lowest BCUT2D eigenvalue weighted by atomic mass is 9.94. The van der Waals surface area contributed by atoms with E-state index in [9.17, 15) is 0 Å². The van der Waals surface area contributed by atoms with Crippen molar-refractivity contribution in [2.75, 3.05) is 0 Å². The average Bonchev–Trinajstić information content (AvgIpc) is 2.28. The van der Waals surface area contributed by atoms with Crippen LogP contribution >= 0.6 is 0 Å². The normalized spacial score (nSPS) is 12.1. The van der Waals surface area contributed by atoms with E-state index in [2.05, 4.69) is 44.2 Å². The van der Waals surface area contributed by atoms with E-state index in [4.69, 9.17) is 5.26 Å². The Morgan fingerprint density at radius 1 is 1.13 bits per heavy atom. The Hall–Kier alpha value is -1.29. The molecule has 15 heavy (non-hydrogen) atoms. The van der Waals surface area contributed by atoms with Gasteiger partial charge in [-0.15, -0.1) is 0 Å². The first kappa shape index (κ1) is 11.8. The van der Waals surface area contributed by atoms with Gasteiger partial charge in [0.1, 0.15) is 0 Å². The van der Waals surface area contributed by atoms with Gasteiger partial charge in [0.2, 0.25) is 0 Å². The van der Waals surface area contributed by atoms with Crippen LogP contribution in [0.5, 0.6) is 0 Å². The third kappa shape index (κ3) is 3.40. The summed E-state index contributed by atoms with van der Waals surface area (Å²) in [6, 6.07) is 10.9. The van der Waals surface area contributed by atoms with Crippen molar-refractivity contribution >= 4 is 0 Å². The zero-order chi connectivity index (χ0) is 11.1. The monoisotopic (exact) mass is 201 g/mol. The van der Waals surface area contributed by atoms with Crippen LogP contribution in [0.3, 0.4) is 0 Å². The highest BCUT2D eigenvalue weighted by molar-refractivity contribution is 5.28. The minimum atomic E-state index is 0.0747. The summed E-state index contributed by atoms with van der Waals surface area (Å²) in [5.41, 5.74) is 2.54. The van der Waals surface area contributed by atoms with Gasteiger partial charge in [-0.05, 0) is 24.0 Å². The molecule has 0 saturated heterocycles. The van der Waals surface area contributed by atoms with Crippen molar-refractivity contribution in [3.63, 3.8) is 0 Å². The molecule has 0 spiro atoms. The standard InChI is InChI=1S/C14H19N/c1-3-5-12-7-9-13(10-8-12)14(11-15)6-4-2/h7-10,14H,3-6H2,1-2H3. The fourth-order valence-electron chi connectivity index (χ4n) is 1.80. The average molecular weight is 201 g/mol. The second kappa shape index (κ2) is 6.24. The highest BCUT2D eigenvalue weighted by atomic mass is 14.3. The van der Waals surface area contributed by atoms with Gasteiger partial charge in [0, 0.05) is 0 Å². The molecule has 1 rings (SSSR count). The maximum atomic E-state index is 9.03. The molecular weight excluding hydrogens is 182 g/mol. The predicted molar refractivity (Wildman–Crippen MR) is 63.7 cm³/mol. The fourth-order valence-corrected chi connectivity index (χ4v) is 1.80. The summed E-state index contributed by atoms with van der Waals surface area (Å²) in [7, 11) is 0. The van der Waals surface area contributed by atoms with E-state index in [0.29, 0.717) is 0 Å². The Bertz CT molecular complexity index is 318. The number of nitrogens with zero attached hydrogens (tertiary/aromatic N) is 1. The van der Waals surface area contributed by atoms with E-state index in [1.165, 1.54) is 17.5 Å². The quantitative estimate of drug-likeness (QED) is 0.705. The van der Waals surface area contributed by atoms with Crippen LogP contribution in [0.4, 0.5) is 0 Å². The number of hydrogen-bond acceptors (Lipinski definition) is 1. The lowest BCUT2D eigenvalue weighted by Crippen LogP contribution is -1.95. The highest BCUT2D eigenvalue weighted by Gasteiger charge is 2.08. The van der Waals surface area contributed by atoms with Crippen molar-refractivity contribution in [2.24, 2.45) is 0 Å². The van der Waals surface area contributed by atoms with Gasteiger partial charge in [-0.3, -0.25) is 0 Å². The lowest BCUT2D eigenvalue weighted by Gasteiger charge is -2.08. The van der Waals surface area contributed by atoms with Crippen LogP contribution in [0.2, 0.25) is 0 Å². The zero-order valence-electron chi connectivity index (χ0n) is 9.66. The lowest BCUT2D eigenvalue weighted by molar-refractivity contribution is 0.726. The number of aryl methyl sites for hydroxylation is 1. The van der Waals surface area contributed by atoms with E-state index < -0.39 is 0 Å². The van der Waals surface area contributed by atoms with Crippen molar-refractivity contribution < 1.29 is 0 Å². The van der Waals surface area contributed by atoms with Gasteiger partial charge < -0.3 is 0 Å². The molecule has 0 radical (unpaired) electrons. The van der Waals surface area contributed by atoms with E-state index in [1.54, 1.807) is 0 Å². The molecule has 1 nitrogen and oxygen atoms in total. The van der Waals surface area contributed by atoms with E-state index in [0.717, 1.165) is 19.3 Å². The summed E-state index contributed by atoms with van der Waals surface area (Å²) in [6.07, 6.45) is 4.33. The van der Waals surface area contributed by atoms with Crippen LogP contribution in [0.1, 0.15) is 50.2 Å². The minimum Gasteiger partial charge on any atom is -0.198 e. The molecule has 80 valence electrons.